The second-order valence-corrected chi connectivity index (χ2v) is 3.90. The topological polar surface area (TPSA) is 85.2 Å². The number of rotatable bonds is 7. The Bertz CT molecular complexity index is 350. The summed E-state index contributed by atoms with van der Waals surface area (Å²) in [6.07, 6.45) is 3.73. The van der Waals surface area contributed by atoms with Crippen molar-refractivity contribution in [2.45, 2.75) is 19.8 Å². The van der Waals surface area contributed by atoms with Gasteiger partial charge in [-0.1, -0.05) is 13.3 Å². The summed E-state index contributed by atoms with van der Waals surface area (Å²) in [6.45, 7) is 4.42. The Kier molecular flexibility index (Phi) is 5.42. The molecule has 0 radical (unpaired) electrons. The molecule has 1 rings (SSSR count). The number of hydrogen-bond donors (Lipinski definition) is 2. The van der Waals surface area contributed by atoms with Crippen molar-refractivity contribution in [3.63, 3.8) is 0 Å². The van der Waals surface area contributed by atoms with Crippen LogP contribution in [0.25, 0.3) is 0 Å². The molecule has 0 aliphatic carbocycles. The molecule has 94 valence electrons. The minimum absolute atomic E-state index is 0.428. The lowest BCUT2D eigenvalue weighted by atomic mass is 10.2. The SMILES string of the molecule is CCCCN(CCN)c1ccc(C(N)=O)cn1. The number of hydrogen-bond acceptors (Lipinski definition) is 4. The third kappa shape index (κ3) is 4.03. The van der Waals surface area contributed by atoms with Gasteiger partial charge in [-0.05, 0) is 18.6 Å². The molecule has 0 aliphatic heterocycles. The summed E-state index contributed by atoms with van der Waals surface area (Å²) in [5.41, 5.74) is 11.2. The van der Waals surface area contributed by atoms with Gasteiger partial charge in [0.25, 0.3) is 0 Å². The molecule has 0 saturated heterocycles. The number of primary amides is 1. The highest BCUT2D eigenvalue weighted by atomic mass is 16.1. The molecule has 0 saturated carbocycles. The standard InChI is InChI=1S/C12H20N4O/c1-2-3-7-16(8-6-13)11-5-4-10(9-15-11)12(14)17/h4-5,9H,2-3,6-8,13H2,1H3,(H2,14,17). The molecule has 0 unspecified atom stereocenters. The van der Waals surface area contributed by atoms with Crippen LogP contribution in [-0.2, 0) is 0 Å². The van der Waals surface area contributed by atoms with Crippen molar-refractivity contribution in [2.24, 2.45) is 11.5 Å². The van der Waals surface area contributed by atoms with Crippen molar-refractivity contribution in [3.05, 3.63) is 23.9 Å². The minimum atomic E-state index is -0.456. The van der Waals surface area contributed by atoms with Crippen LogP contribution in [0, 0.1) is 0 Å². The molecule has 1 amide bonds. The van der Waals surface area contributed by atoms with E-state index in [9.17, 15) is 4.79 Å². The van der Waals surface area contributed by atoms with Crippen LogP contribution < -0.4 is 16.4 Å². The molecule has 0 bridgehead atoms. The highest BCUT2D eigenvalue weighted by Crippen LogP contribution is 2.11. The second kappa shape index (κ2) is 6.85. The Morgan fingerprint density at radius 3 is 2.65 bits per heavy atom. The van der Waals surface area contributed by atoms with Crippen LogP contribution >= 0.6 is 0 Å². The van der Waals surface area contributed by atoms with Gasteiger partial charge in [-0.25, -0.2) is 4.98 Å². The highest BCUT2D eigenvalue weighted by Gasteiger charge is 2.07. The van der Waals surface area contributed by atoms with Crippen LogP contribution in [0.15, 0.2) is 18.3 Å². The number of nitrogens with two attached hydrogens (primary N) is 2. The van der Waals surface area contributed by atoms with Crippen molar-refractivity contribution in [1.29, 1.82) is 0 Å². The summed E-state index contributed by atoms with van der Waals surface area (Å²) in [7, 11) is 0. The molecule has 1 aromatic rings. The van der Waals surface area contributed by atoms with E-state index < -0.39 is 5.91 Å². The van der Waals surface area contributed by atoms with Crippen LogP contribution in [0.5, 0.6) is 0 Å². The van der Waals surface area contributed by atoms with E-state index in [-0.39, 0.29) is 0 Å². The molecule has 0 fully saturated rings. The van der Waals surface area contributed by atoms with Crippen molar-refractivity contribution in [2.75, 3.05) is 24.5 Å². The van der Waals surface area contributed by atoms with Crippen molar-refractivity contribution in [1.82, 2.24) is 4.98 Å². The van der Waals surface area contributed by atoms with Gasteiger partial charge in [0, 0.05) is 25.8 Å². The molecular weight excluding hydrogens is 216 g/mol. The fourth-order valence-corrected chi connectivity index (χ4v) is 1.56. The largest absolute Gasteiger partial charge is 0.366 e. The van der Waals surface area contributed by atoms with E-state index in [1.165, 1.54) is 6.20 Å². The lowest BCUT2D eigenvalue weighted by Crippen LogP contribution is -2.31. The summed E-state index contributed by atoms with van der Waals surface area (Å²) in [5, 5.41) is 0. The van der Waals surface area contributed by atoms with Gasteiger partial charge in [0.1, 0.15) is 5.82 Å². The fraction of sp³-hybridized carbons (Fsp3) is 0.500. The average molecular weight is 236 g/mol. The number of carbonyl (C=O) groups is 1. The van der Waals surface area contributed by atoms with Gasteiger partial charge in [0.05, 0.1) is 5.56 Å². The first-order valence-electron chi connectivity index (χ1n) is 5.90. The van der Waals surface area contributed by atoms with E-state index in [2.05, 4.69) is 16.8 Å². The van der Waals surface area contributed by atoms with E-state index in [0.29, 0.717) is 12.1 Å². The van der Waals surface area contributed by atoms with Gasteiger partial charge in [-0.15, -0.1) is 0 Å². The summed E-state index contributed by atoms with van der Waals surface area (Å²) in [6, 6.07) is 3.51. The van der Waals surface area contributed by atoms with Crippen LogP contribution in [0.1, 0.15) is 30.1 Å². The van der Waals surface area contributed by atoms with Crippen molar-refractivity contribution < 1.29 is 4.79 Å². The summed E-state index contributed by atoms with van der Waals surface area (Å²) in [4.78, 5) is 17.3. The third-order valence-corrected chi connectivity index (χ3v) is 2.54. The van der Waals surface area contributed by atoms with Gasteiger partial charge < -0.3 is 16.4 Å². The molecule has 0 aliphatic rings. The predicted octanol–water partition coefficient (Wildman–Crippen LogP) is 0.746. The Labute approximate surface area is 102 Å². The van der Waals surface area contributed by atoms with E-state index in [4.69, 9.17) is 11.5 Å². The molecule has 0 spiro atoms. The molecule has 5 heteroatoms. The third-order valence-electron chi connectivity index (χ3n) is 2.54. The zero-order chi connectivity index (χ0) is 12.7. The number of unbranched alkanes of at least 4 members (excludes halogenated alkanes) is 1. The fourth-order valence-electron chi connectivity index (χ4n) is 1.56. The van der Waals surface area contributed by atoms with E-state index in [1.54, 1.807) is 6.07 Å². The van der Waals surface area contributed by atoms with Gasteiger partial charge in [-0.2, -0.15) is 0 Å². The summed E-state index contributed by atoms with van der Waals surface area (Å²) < 4.78 is 0. The number of pyridine rings is 1. The summed E-state index contributed by atoms with van der Waals surface area (Å²) in [5.74, 6) is 0.386. The normalized spacial score (nSPS) is 10.2. The maximum atomic E-state index is 10.9. The van der Waals surface area contributed by atoms with Crippen LogP contribution in [0.2, 0.25) is 0 Å². The molecule has 1 heterocycles. The lowest BCUT2D eigenvalue weighted by Gasteiger charge is -2.22. The van der Waals surface area contributed by atoms with E-state index in [1.807, 2.05) is 6.07 Å². The van der Waals surface area contributed by atoms with Crippen LogP contribution in [-0.4, -0.2) is 30.5 Å². The average Bonchev–Trinajstić information content (AvgIpc) is 2.34. The Morgan fingerprint density at radius 2 is 2.18 bits per heavy atom. The quantitative estimate of drug-likeness (QED) is 0.731. The van der Waals surface area contributed by atoms with Gasteiger partial charge in [0.15, 0.2) is 0 Å². The molecule has 4 N–H and O–H groups in total. The molecule has 1 aromatic heterocycles. The van der Waals surface area contributed by atoms with Gasteiger partial charge in [-0.3, -0.25) is 4.79 Å². The highest BCUT2D eigenvalue weighted by molar-refractivity contribution is 5.92. The number of nitrogens with zero attached hydrogens (tertiary/aromatic N) is 2. The number of amides is 1. The lowest BCUT2D eigenvalue weighted by molar-refractivity contribution is 0.1000. The molecule has 0 aromatic carbocycles. The zero-order valence-electron chi connectivity index (χ0n) is 10.2. The Hall–Kier alpha value is -1.62. The maximum Gasteiger partial charge on any atom is 0.250 e. The maximum absolute atomic E-state index is 10.9. The Balaban J connectivity index is 2.75. The molecule has 0 atom stereocenters. The predicted molar refractivity (Wildman–Crippen MR) is 68.9 cm³/mol. The number of anilines is 1. The molecular formula is C12H20N4O. The minimum Gasteiger partial charge on any atom is -0.366 e. The number of aromatic nitrogens is 1. The van der Waals surface area contributed by atoms with Crippen LogP contribution in [0.4, 0.5) is 5.82 Å². The van der Waals surface area contributed by atoms with Gasteiger partial charge >= 0.3 is 0 Å². The second-order valence-electron chi connectivity index (χ2n) is 3.90. The van der Waals surface area contributed by atoms with Gasteiger partial charge in [0.2, 0.25) is 5.91 Å². The first-order chi connectivity index (χ1) is 8.19. The van der Waals surface area contributed by atoms with E-state index in [0.717, 1.165) is 31.7 Å². The first kappa shape index (κ1) is 13.4. The Morgan fingerprint density at radius 1 is 1.41 bits per heavy atom. The first-order valence-corrected chi connectivity index (χ1v) is 5.90. The van der Waals surface area contributed by atoms with Crippen molar-refractivity contribution in [3.8, 4) is 0 Å². The van der Waals surface area contributed by atoms with E-state index >= 15 is 0 Å². The van der Waals surface area contributed by atoms with Crippen LogP contribution in [0.3, 0.4) is 0 Å². The smallest absolute Gasteiger partial charge is 0.250 e. The zero-order valence-corrected chi connectivity index (χ0v) is 10.2. The molecule has 17 heavy (non-hydrogen) atoms. The summed E-state index contributed by atoms with van der Waals surface area (Å²) >= 11 is 0. The molecule has 5 nitrogen and oxygen atoms in total. The number of carbonyl (C=O) groups excluding carboxylic acids is 1. The van der Waals surface area contributed by atoms with Crippen molar-refractivity contribution >= 4 is 11.7 Å². The monoisotopic (exact) mass is 236 g/mol.